The lowest BCUT2D eigenvalue weighted by Crippen LogP contribution is -2.18. The first-order chi connectivity index (χ1) is 8.68. The number of hydrogen-bond acceptors (Lipinski definition) is 2. The van der Waals surface area contributed by atoms with Crippen LogP contribution in [-0.4, -0.2) is 16.9 Å². The Kier molecular flexibility index (Phi) is 2.27. The molecule has 3 nitrogen and oxygen atoms in total. The molecule has 18 heavy (non-hydrogen) atoms. The SMILES string of the molecule is O=C(O)c1cccc2c1Cc1ccccc1C2=O. The fourth-order valence-corrected chi connectivity index (χ4v) is 2.42. The summed E-state index contributed by atoms with van der Waals surface area (Å²) in [5.74, 6) is -1.08. The largest absolute Gasteiger partial charge is 0.478 e. The van der Waals surface area contributed by atoms with Crippen LogP contribution < -0.4 is 0 Å². The standard InChI is InChI=1S/C15H10O3/c16-14-10-5-2-1-4-9(10)8-13-11(14)6-3-7-12(13)15(17)18/h1-7H,8H2,(H,17,18). The molecule has 0 amide bonds. The highest BCUT2D eigenvalue weighted by atomic mass is 16.4. The van der Waals surface area contributed by atoms with Crippen molar-refractivity contribution in [1.82, 2.24) is 0 Å². The number of benzene rings is 2. The number of carbonyl (C=O) groups excluding carboxylic acids is 1. The molecule has 1 aliphatic carbocycles. The van der Waals surface area contributed by atoms with Crippen LogP contribution in [0.4, 0.5) is 0 Å². The average Bonchev–Trinajstić information content (AvgIpc) is 2.38. The second kappa shape index (κ2) is 3.81. The van der Waals surface area contributed by atoms with Crippen molar-refractivity contribution in [2.24, 2.45) is 0 Å². The Labute approximate surface area is 104 Å². The van der Waals surface area contributed by atoms with Crippen molar-refractivity contribution in [3.63, 3.8) is 0 Å². The Morgan fingerprint density at radius 3 is 2.50 bits per heavy atom. The van der Waals surface area contributed by atoms with E-state index in [0.717, 1.165) is 5.56 Å². The first kappa shape index (κ1) is 10.7. The second-order valence-electron chi connectivity index (χ2n) is 4.30. The maximum atomic E-state index is 12.3. The molecular weight excluding hydrogens is 228 g/mol. The third kappa shape index (κ3) is 1.44. The van der Waals surface area contributed by atoms with E-state index in [2.05, 4.69) is 0 Å². The van der Waals surface area contributed by atoms with Gasteiger partial charge in [-0.2, -0.15) is 0 Å². The number of ketones is 1. The van der Waals surface area contributed by atoms with E-state index in [1.54, 1.807) is 24.3 Å². The van der Waals surface area contributed by atoms with Gasteiger partial charge in [0, 0.05) is 11.1 Å². The summed E-state index contributed by atoms with van der Waals surface area (Å²) in [5.41, 5.74) is 2.91. The number of aromatic carboxylic acids is 1. The van der Waals surface area contributed by atoms with Gasteiger partial charge < -0.3 is 5.11 Å². The summed E-state index contributed by atoms with van der Waals surface area (Å²) in [6.45, 7) is 0. The molecule has 0 bridgehead atoms. The summed E-state index contributed by atoms with van der Waals surface area (Å²) in [5, 5.41) is 9.16. The Morgan fingerprint density at radius 2 is 1.72 bits per heavy atom. The fraction of sp³-hybridized carbons (Fsp3) is 0.0667. The van der Waals surface area contributed by atoms with Gasteiger partial charge >= 0.3 is 5.97 Å². The van der Waals surface area contributed by atoms with Gasteiger partial charge in [-0.3, -0.25) is 4.79 Å². The third-order valence-corrected chi connectivity index (χ3v) is 3.28. The minimum atomic E-state index is -0.987. The first-order valence-electron chi connectivity index (χ1n) is 5.66. The molecule has 0 heterocycles. The number of carboxylic acid groups (broad SMARTS) is 1. The highest BCUT2D eigenvalue weighted by Crippen LogP contribution is 2.29. The molecule has 0 aliphatic heterocycles. The van der Waals surface area contributed by atoms with Crippen LogP contribution in [0.5, 0.6) is 0 Å². The smallest absolute Gasteiger partial charge is 0.335 e. The fourth-order valence-electron chi connectivity index (χ4n) is 2.42. The molecule has 0 spiro atoms. The van der Waals surface area contributed by atoms with Gasteiger partial charge in [0.15, 0.2) is 5.78 Å². The lowest BCUT2D eigenvalue weighted by Gasteiger charge is -2.19. The number of rotatable bonds is 1. The first-order valence-corrected chi connectivity index (χ1v) is 5.66. The molecule has 0 atom stereocenters. The number of carboxylic acids is 1. The van der Waals surface area contributed by atoms with E-state index in [4.69, 9.17) is 5.11 Å². The Balaban J connectivity index is 2.25. The van der Waals surface area contributed by atoms with Crippen LogP contribution in [0.3, 0.4) is 0 Å². The summed E-state index contributed by atoms with van der Waals surface area (Å²) in [7, 11) is 0. The quantitative estimate of drug-likeness (QED) is 0.708. The maximum absolute atomic E-state index is 12.3. The van der Waals surface area contributed by atoms with Gasteiger partial charge in [-0.05, 0) is 23.6 Å². The average molecular weight is 238 g/mol. The molecule has 2 aromatic carbocycles. The number of carbonyl (C=O) groups is 2. The summed E-state index contributed by atoms with van der Waals surface area (Å²) in [6.07, 6.45) is 0.500. The predicted molar refractivity (Wildman–Crippen MR) is 66.1 cm³/mol. The van der Waals surface area contributed by atoms with Crippen LogP contribution in [0.1, 0.15) is 37.4 Å². The number of fused-ring (bicyclic) bond motifs is 2. The van der Waals surface area contributed by atoms with Crippen molar-refractivity contribution in [1.29, 1.82) is 0 Å². The highest BCUT2D eigenvalue weighted by molar-refractivity contribution is 6.13. The molecule has 0 radical (unpaired) electrons. The van der Waals surface area contributed by atoms with Crippen molar-refractivity contribution >= 4 is 11.8 Å². The van der Waals surface area contributed by atoms with Crippen molar-refractivity contribution in [2.45, 2.75) is 6.42 Å². The zero-order valence-electron chi connectivity index (χ0n) is 9.51. The summed E-state index contributed by atoms with van der Waals surface area (Å²) >= 11 is 0. The van der Waals surface area contributed by atoms with Crippen LogP contribution in [0, 0.1) is 0 Å². The molecule has 2 aromatic rings. The minimum Gasteiger partial charge on any atom is -0.478 e. The molecule has 1 N–H and O–H groups in total. The molecule has 0 aromatic heterocycles. The van der Waals surface area contributed by atoms with Gasteiger partial charge in [0.05, 0.1) is 5.56 Å². The van der Waals surface area contributed by atoms with Crippen LogP contribution in [-0.2, 0) is 6.42 Å². The Hall–Kier alpha value is -2.42. The minimum absolute atomic E-state index is 0.0880. The van der Waals surface area contributed by atoms with E-state index in [0.29, 0.717) is 23.1 Å². The lowest BCUT2D eigenvalue weighted by molar-refractivity contribution is 0.0696. The van der Waals surface area contributed by atoms with E-state index >= 15 is 0 Å². The van der Waals surface area contributed by atoms with E-state index in [1.165, 1.54) is 0 Å². The molecule has 0 saturated carbocycles. The van der Waals surface area contributed by atoms with Crippen LogP contribution in [0.25, 0.3) is 0 Å². The van der Waals surface area contributed by atoms with Crippen molar-refractivity contribution in [2.75, 3.05) is 0 Å². The molecule has 0 fully saturated rings. The Morgan fingerprint density at radius 1 is 1.00 bits per heavy atom. The molecule has 3 rings (SSSR count). The number of hydrogen-bond donors (Lipinski definition) is 1. The van der Waals surface area contributed by atoms with E-state index < -0.39 is 5.97 Å². The van der Waals surface area contributed by atoms with Crippen LogP contribution in [0.2, 0.25) is 0 Å². The monoisotopic (exact) mass is 238 g/mol. The van der Waals surface area contributed by atoms with Gasteiger partial charge in [-0.15, -0.1) is 0 Å². The Bertz CT molecular complexity index is 671. The van der Waals surface area contributed by atoms with E-state index in [1.807, 2.05) is 18.2 Å². The van der Waals surface area contributed by atoms with Crippen LogP contribution in [0.15, 0.2) is 42.5 Å². The zero-order valence-corrected chi connectivity index (χ0v) is 9.51. The highest BCUT2D eigenvalue weighted by Gasteiger charge is 2.26. The second-order valence-corrected chi connectivity index (χ2v) is 4.30. The predicted octanol–water partition coefficient (Wildman–Crippen LogP) is 2.52. The van der Waals surface area contributed by atoms with Gasteiger partial charge in [-0.25, -0.2) is 4.79 Å². The molecule has 0 saturated heterocycles. The molecule has 0 unspecified atom stereocenters. The van der Waals surface area contributed by atoms with Crippen molar-refractivity contribution in [3.05, 3.63) is 70.3 Å². The van der Waals surface area contributed by atoms with Gasteiger partial charge in [-0.1, -0.05) is 36.4 Å². The van der Waals surface area contributed by atoms with E-state index in [9.17, 15) is 9.59 Å². The van der Waals surface area contributed by atoms with Gasteiger partial charge in [0.2, 0.25) is 0 Å². The topological polar surface area (TPSA) is 54.4 Å². The maximum Gasteiger partial charge on any atom is 0.335 e. The lowest BCUT2D eigenvalue weighted by atomic mass is 9.83. The van der Waals surface area contributed by atoms with E-state index in [-0.39, 0.29) is 11.3 Å². The normalized spacial score (nSPS) is 12.8. The summed E-state index contributed by atoms with van der Waals surface area (Å²) in [6, 6.07) is 12.2. The molecule has 1 aliphatic rings. The van der Waals surface area contributed by atoms with Gasteiger partial charge in [0.1, 0.15) is 0 Å². The molecule has 88 valence electrons. The van der Waals surface area contributed by atoms with Crippen molar-refractivity contribution < 1.29 is 14.7 Å². The summed E-state index contributed by atoms with van der Waals surface area (Å²) in [4.78, 5) is 23.5. The molecule has 3 heteroatoms. The summed E-state index contributed by atoms with van der Waals surface area (Å²) < 4.78 is 0. The van der Waals surface area contributed by atoms with Crippen molar-refractivity contribution in [3.8, 4) is 0 Å². The molecular formula is C15H10O3. The van der Waals surface area contributed by atoms with Crippen LogP contribution >= 0.6 is 0 Å². The van der Waals surface area contributed by atoms with Gasteiger partial charge in [0.25, 0.3) is 0 Å². The third-order valence-electron chi connectivity index (χ3n) is 3.28. The zero-order chi connectivity index (χ0) is 12.7.